The predicted molar refractivity (Wildman–Crippen MR) is 65.9 cm³/mol. The zero-order chi connectivity index (χ0) is 13.0. The number of nitrogens with one attached hydrogen (secondary N) is 1. The highest BCUT2D eigenvalue weighted by atomic mass is 16.5. The van der Waals surface area contributed by atoms with Crippen molar-refractivity contribution in [3.63, 3.8) is 0 Å². The standard InChI is InChI=1S/C12H15N3O3/c1-8(9-5-4-6-18-9)13-12-14-10(16-2)7-11(15-12)17-3/h4-8H,1-3H3,(H,13,14,15). The molecule has 6 nitrogen and oxygen atoms in total. The number of hydrogen-bond donors (Lipinski definition) is 1. The van der Waals surface area contributed by atoms with E-state index < -0.39 is 0 Å². The highest BCUT2D eigenvalue weighted by molar-refractivity contribution is 5.35. The molecule has 0 radical (unpaired) electrons. The van der Waals surface area contributed by atoms with Gasteiger partial charge in [0.1, 0.15) is 5.76 Å². The molecular formula is C12H15N3O3. The minimum atomic E-state index is -0.0446. The number of aromatic nitrogens is 2. The van der Waals surface area contributed by atoms with E-state index in [1.165, 1.54) is 0 Å². The summed E-state index contributed by atoms with van der Waals surface area (Å²) >= 11 is 0. The maximum atomic E-state index is 5.30. The zero-order valence-electron chi connectivity index (χ0n) is 10.5. The number of nitrogens with zero attached hydrogens (tertiary/aromatic N) is 2. The summed E-state index contributed by atoms with van der Waals surface area (Å²) in [5, 5.41) is 3.12. The summed E-state index contributed by atoms with van der Waals surface area (Å²) in [6.07, 6.45) is 1.63. The Kier molecular flexibility index (Phi) is 3.66. The van der Waals surface area contributed by atoms with Crippen LogP contribution in [0.5, 0.6) is 11.8 Å². The molecule has 2 rings (SSSR count). The lowest BCUT2D eigenvalue weighted by Crippen LogP contribution is -2.09. The summed E-state index contributed by atoms with van der Waals surface area (Å²) in [6, 6.07) is 5.29. The van der Waals surface area contributed by atoms with Gasteiger partial charge in [-0.25, -0.2) is 0 Å². The molecule has 18 heavy (non-hydrogen) atoms. The van der Waals surface area contributed by atoms with Crippen LogP contribution in [-0.2, 0) is 0 Å². The monoisotopic (exact) mass is 249 g/mol. The Hall–Kier alpha value is -2.24. The summed E-state index contributed by atoms with van der Waals surface area (Å²) < 4.78 is 15.5. The molecule has 1 atom stereocenters. The molecule has 6 heteroatoms. The van der Waals surface area contributed by atoms with Gasteiger partial charge in [-0.15, -0.1) is 0 Å². The maximum Gasteiger partial charge on any atom is 0.229 e. The number of hydrogen-bond acceptors (Lipinski definition) is 6. The molecule has 0 aliphatic heterocycles. The van der Waals surface area contributed by atoms with Gasteiger partial charge in [-0.3, -0.25) is 0 Å². The molecule has 0 aliphatic carbocycles. The lowest BCUT2D eigenvalue weighted by atomic mass is 10.2. The van der Waals surface area contributed by atoms with Crippen LogP contribution >= 0.6 is 0 Å². The van der Waals surface area contributed by atoms with Crippen LogP contribution in [0.4, 0.5) is 5.95 Å². The van der Waals surface area contributed by atoms with Crippen molar-refractivity contribution in [2.75, 3.05) is 19.5 Å². The van der Waals surface area contributed by atoms with Crippen LogP contribution in [0.15, 0.2) is 28.9 Å². The van der Waals surface area contributed by atoms with E-state index in [1.54, 1.807) is 26.5 Å². The molecular weight excluding hydrogens is 234 g/mol. The molecule has 0 aliphatic rings. The van der Waals surface area contributed by atoms with Gasteiger partial charge in [0.15, 0.2) is 0 Å². The second kappa shape index (κ2) is 5.39. The molecule has 2 heterocycles. The zero-order valence-corrected chi connectivity index (χ0v) is 10.5. The molecule has 2 aromatic rings. The van der Waals surface area contributed by atoms with E-state index in [-0.39, 0.29) is 6.04 Å². The summed E-state index contributed by atoms with van der Waals surface area (Å²) in [5.41, 5.74) is 0. The van der Waals surface area contributed by atoms with Crippen molar-refractivity contribution in [1.29, 1.82) is 0 Å². The van der Waals surface area contributed by atoms with Crippen molar-refractivity contribution in [3.05, 3.63) is 30.2 Å². The van der Waals surface area contributed by atoms with Gasteiger partial charge in [0.05, 0.1) is 32.6 Å². The Bertz CT molecular complexity index is 477. The first kappa shape index (κ1) is 12.2. The van der Waals surface area contributed by atoms with E-state index in [9.17, 15) is 0 Å². The first-order chi connectivity index (χ1) is 8.72. The molecule has 0 saturated carbocycles. The normalized spacial score (nSPS) is 11.9. The second-order valence-corrected chi connectivity index (χ2v) is 3.66. The quantitative estimate of drug-likeness (QED) is 0.876. The first-order valence-corrected chi connectivity index (χ1v) is 5.50. The summed E-state index contributed by atoms with van der Waals surface area (Å²) in [5.74, 6) is 2.11. The van der Waals surface area contributed by atoms with Crippen LogP contribution in [0.3, 0.4) is 0 Å². The number of methoxy groups -OCH3 is 2. The average molecular weight is 249 g/mol. The van der Waals surface area contributed by atoms with Crippen LogP contribution in [0, 0.1) is 0 Å². The van der Waals surface area contributed by atoms with Gasteiger partial charge in [0.2, 0.25) is 17.7 Å². The highest BCUT2D eigenvalue weighted by Gasteiger charge is 2.11. The van der Waals surface area contributed by atoms with Crippen molar-refractivity contribution < 1.29 is 13.9 Å². The molecule has 0 aromatic carbocycles. The minimum Gasteiger partial charge on any atom is -0.481 e. The number of rotatable bonds is 5. The molecule has 1 N–H and O–H groups in total. The third-order valence-electron chi connectivity index (χ3n) is 2.41. The topological polar surface area (TPSA) is 69.4 Å². The lowest BCUT2D eigenvalue weighted by molar-refractivity contribution is 0.372. The van der Waals surface area contributed by atoms with Gasteiger partial charge >= 0.3 is 0 Å². The lowest BCUT2D eigenvalue weighted by Gasteiger charge is -2.12. The number of ether oxygens (including phenoxy) is 2. The molecule has 2 aromatic heterocycles. The van der Waals surface area contributed by atoms with Crippen molar-refractivity contribution in [2.24, 2.45) is 0 Å². The molecule has 1 unspecified atom stereocenters. The van der Waals surface area contributed by atoms with E-state index in [4.69, 9.17) is 13.9 Å². The van der Waals surface area contributed by atoms with Crippen molar-refractivity contribution in [2.45, 2.75) is 13.0 Å². The van der Waals surface area contributed by atoms with Gasteiger partial charge in [-0.2, -0.15) is 9.97 Å². The summed E-state index contributed by atoms with van der Waals surface area (Å²) in [7, 11) is 3.09. The van der Waals surface area contributed by atoms with Crippen molar-refractivity contribution >= 4 is 5.95 Å². The maximum absolute atomic E-state index is 5.30. The van der Waals surface area contributed by atoms with Gasteiger partial charge in [-0.1, -0.05) is 0 Å². The van der Waals surface area contributed by atoms with E-state index in [1.807, 2.05) is 19.1 Å². The predicted octanol–water partition coefficient (Wildman–Crippen LogP) is 2.26. The van der Waals surface area contributed by atoms with Gasteiger partial charge < -0.3 is 19.2 Å². The summed E-state index contributed by atoms with van der Waals surface area (Å²) in [4.78, 5) is 8.37. The van der Waals surface area contributed by atoms with E-state index in [2.05, 4.69) is 15.3 Å². The number of furan rings is 1. The van der Waals surface area contributed by atoms with Gasteiger partial charge in [0.25, 0.3) is 0 Å². The average Bonchev–Trinajstić information content (AvgIpc) is 2.92. The third kappa shape index (κ3) is 2.71. The Morgan fingerprint density at radius 3 is 2.39 bits per heavy atom. The Morgan fingerprint density at radius 1 is 1.22 bits per heavy atom. The van der Waals surface area contributed by atoms with E-state index in [0.29, 0.717) is 17.7 Å². The van der Waals surface area contributed by atoms with Crippen LogP contribution in [0.1, 0.15) is 18.7 Å². The molecule has 0 fully saturated rings. The Labute approximate surface area is 105 Å². The smallest absolute Gasteiger partial charge is 0.229 e. The SMILES string of the molecule is COc1cc(OC)nc(NC(C)c2ccco2)n1. The van der Waals surface area contributed by atoms with E-state index >= 15 is 0 Å². The van der Waals surface area contributed by atoms with Gasteiger partial charge in [0, 0.05) is 0 Å². The van der Waals surface area contributed by atoms with Crippen LogP contribution in [0.25, 0.3) is 0 Å². The van der Waals surface area contributed by atoms with Crippen LogP contribution < -0.4 is 14.8 Å². The van der Waals surface area contributed by atoms with Crippen LogP contribution in [-0.4, -0.2) is 24.2 Å². The van der Waals surface area contributed by atoms with Crippen molar-refractivity contribution in [3.8, 4) is 11.8 Å². The molecule has 0 saturated heterocycles. The van der Waals surface area contributed by atoms with E-state index in [0.717, 1.165) is 5.76 Å². The molecule has 0 amide bonds. The fraction of sp³-hybridized carbons (Fsp3) is 0.333. The fourth-order valence-corrected chi connectivity index (χ4v) is 1.48. The Morgan fingerprint density at radius 2 is 1.89 bits per heavy atom. The minimum absolute atomic E-state index is 0.0446. The van der Waals surface area contributed by atoms with Crippen LogP contribution in [0.2, 0.25) is 0 Å². The highest BCUT2D eigenvalue weighted by Crippen LogP contribution is 2.21. The Balaban J connectivity index is 2.17. The first-order valence-electron chi connectivity index (χ1n) is 5.50. The molecule has 0 bridgehead atoms. The second-order valence-electron chi connectivity index (χ2n) is 3.66. The fourth-order valence-electron chi connectivity index (χ4n) is 1.48. The number of anilines is 1. The molecule has 0 spiro atoms. The largest absolute Gasteiger partial charge is 0.481 e. The third-order valence-corrected chi connectivity index (χ3v) is 2.41. The van der Waals surface area contributed by atoms with Crippen molar-refractivity contribution in [1.82, 2.24) is 9.97 Å². The summed E-state index contributed by atoms with van der Waals surface area (Å²) in [6.45, 7) is 1.95. The van der Waals surface area contributed by atoms with Gasteiger partial charge in [-0.05, 0) is 19.1 Å². The molecule has 96 valence electrons.